The minimum atomic E-state index is 0.263. The third kappa shape index (κ3) is 4.04. The minimum absolute atomic E-state index is 0.263. The van der Waals surface area contributed by atoms with Crippen molar-refractivity contribution < 1.29 is 4.42 Å². The van der Waals surface area contributed by atoms with Crippen molar-refractivity contribution in [1.82, 2.24) is 29.4 Å². The zero-order chi connectivity index (χ0) is 19.8. The Morgan fingerprint density at radius 1 is 1.25 bits per heavy atom. The Kier molecular flexibility index (Phi) is 5.35. The van der Waals surface area contributed by atoms with Gasteiger partial charge in [0, 0.05) is 29.6 Å². The van der Waals surface area contributed by atoms with E-state index in [-0.39, 0.29) is 6.04 Å². The van der Waals surface area contributed by atoms with E-state index in [2.05, 4.69) is 28.9 Å². The molecule has 1 aromatic carbocycles. The number of hydrogen-bond acceptors (Lipinski definition) is 6. The van der Waals surface area contributed by atoms with Crippen LogP contribution >= 0.6 is 23.8 Å². The first kappa shape index (κ1) is 19.3. The molecule has 7 nitrogen and oxygen atoms in total. The Morgan fingerprint density at radius 2 is 1.96 bits per heavy atom. The Hall–Kier alpha value is -2.03. The van der Waals surface area contributed by atoms with Crippen LogP contribution in [0.25, 0.3) is 11.5 Å². The smallest absolute Gasteiger partial charge is 0.247 e. The quantitative estimate of drug-likeness (QED) is 0.530. The topological polar surface area (TPSA) is 64.9 Å². The van der Waals surface area contributed by atoms with Crippen LogP contribution in [0.3, 0.4) is 0 Å². The maximum atomic E-state index is 5.94. The normalized spacial score (nSPS) is 14.4. The molecule has 1 aliphatic carbocycles. The monoisotopic (exact) mass is 418 g/mol. The first-order valence-corrected chi connectivity index (χ1v) is 10.2. The van der Waals surface area contributed by atoms with Crippen molar-refractivity contribution in [2.45, 2.75) is 51.9 Å². The summed E-state index contributed by atoms with van der Waals surface area (Å²) in [6.45, 7) is 5.36. The molecule has 1 fully saturated rings. The Labute approximate surface area is 173 Å². The van der Waals surface area contributed by atoms with Crippen LogP contribution in [0.15, 0.2) is 28.7 Å². The first-order chi connectivity index (χ1) is 13.4. The zero-order valence-electron chi connectivity index (χ0n) is 16.2. The average molecular weight is 419 g/mol. The van der Waals surface area contributed by atoms with Gasteiger partial charge >= 0.3 is 0 Å². The highest BCUT2D eigenvalue weighted by Crippen LogP contribution is 2.38. The van der Waals surface area contributed by atoms with Crippen LogP contribution in [0, 0.1) is 4.77 Å². The van der Waals surface area contributed by atoms with Crippen molar-refractivity contribution in [1.29, 1.82) is 0 Å². The van der Waals surface area contributed by atoms with E-state index in [1.54, 1.807) is 0 Å². The molecule has 2 heterocycles. The maximum Gasteiger partial charge on any atom is 0.247 e. The van der Waals surface area contributed by atoms with Crippen LogP contribution < -0.4 is 0 Å². The van der Waals surface area contributed by atoms with Gasteiger partial charge in [-0.15, -0.1) is 10.2 Å². The van der Waals surface area contributed by atoms with Crippen LogP contribution in [-0.4, -0.2) is 35.5 Å². The van der Waals surface area contributed by atoms with Crippen molar-refractivity contribution in [3.63, 3.8) is 0 Å². The number of aromatic nitrogens is 5. The van der Waals surface area contributed by atoms with Gasteiger partial charge in [0.05, 0.1) is 13.2 Å². The van der Waals surface area contributed by atoms with Gasteiger partial charge < -0.3 is 8.98 Å². The molecule has 0 aliphatic heterocycles. The standard InChI is InChI=1S/C19H23ClN6OS/c1-12(2)25(11-26-19(28)24(3)17(23-26)13-4-5-13)10-16-21-22-18(27-16)14-6-8-15(20)9-7-14/h6-9,12-13H,4-5,10-11H2,1-3H3. The first-order valence-electron chi connectivity index (χ1n) is 9.38. The Bertz CT molecular complexity index is 1020. The molecule has 0 saturated heterocycles. The van der Waals surface area contributed by atoms with E-state index in [0.717, 1.165) is 16.2 Å². The fourth-order valence-corrected chi connectivity index (χ4v) is 3.38. The summed E-state index contributed by atoms with van der Waals surface area (Å²) in [6, 6.07) is 7.61. The molecular weight excluding hydrogens is 396 g/mol. The second-order valence-electron chi connectivity index (χ2n) is 7.46. The van der Waals surface area contributed by atoms with Crippen molar-refractivity contribution >= 4 is 23.8 Å². The summed E-state index contributed by atoms with van der Waals surface area (Å²) in [7, 11) is 2.00. The molecule has 1 aliphatic rings. The van der Waals surface area contributed by atoms with Crippen LogP contribution in [0.2, 0.25) is 5.02 Å². The molecule has 0 bridgehead atoms. The largest absolute Gasteiger partial charge is 0.419 e. The number of hydrogen-bond donors (Lipinski definition) is 0. The lowest BCUT2D eigenvalue weighted by Crippen LogP contribution is -2.33. The molecule has 0 N–H and O–H groups in total. The molecule has 1 saturated carbocycles. The summed E-state index contributed by atoms with van der Waals surface area (Å²) in [5.41, 5.74) is 0.847. The SMILES string of the molecule is CC(C)N(Cc1nnc(-c2ccc(Cl)cc2)o1)Cn1nc(C2CC2)n(C)c1=S. The molecule has 0 unspecified atom stereocenters. The van der Waals surface area contributed by atoms with Gasteiger partial charge in [-0.25, -0.2) is 4.68 Å². The highest BCUT2D eigenvalue weighted by molar-refractivity contribution is 7.71. The molecular formula is C19H23ClN6OS. The van der Waals surface area contributed by atoms with E-state index >= 15 is 0 Å². The molecule has 148 valence electrons. The Balaban J connectivity index is 1.51. The van der Waals surface area contributed by atoms with Gasteiger partial charge in [-0.2, -0.15) is 5.10 Å². The highest BCUT2D eigenvalue weighted by atomic mass is 35.5. The van der Waals surface area contributed by atoms with Crippen LogP contribution in [-0.2, 0) is 20.3 Å². The van der Waals surface area contributed by atoms with E-state index in [4.69, 9.17) is 33.3 Å². The predicted molar refractivity (Wildman–Crippen MR) is 109 cm³/mol. The van der Waals surface area contributed by atoms with Gasteiger partial charge in [0.15, 0.2) is 4.77 Å². The number of nitrogens with zero attached hydrogens (tertiary/aromatic N) is 6. The van der Waals surface area contributed by atoms with Crippen molar-refractivity contribution in [2.24, 2.45) is 7.05 Å². The molecule has 0 amide bonds. The lowest BCUT2D eigenvalue weighted by Gasteiger charge is -2.24. The second kappa shape index (κ2) is 7.77. The highest BCUT2D eigenvalue weighted by Gasteiger charge is 2.29. The van der Waals surface area contributed by atoms with Gasteiger partial charge in [0.2, 0.25) is 11.8 Å². The van der Waals surface area contributed by atoms with Crippen molar-refractivity contribution in [3.8, 4) is 11.5 Å². The molecule has 0 radical (unpaired) electrons. The lowest BCUT2D eigenvalue weighted by molar-refractivity contribution is 0.139. The zero-order valence-corrected chi connectivity index (χ0v) is 17.7. The van der Waals surface area contributed by atoms with Gasteiger partial charge in [0.25, 0.3) is 0 Å². The lowest BCUT2D eigenvalue weighted by atomic mass is 10.2. The third-order valence-corrected chi connectivity index (χ3v) is 5.70. The molecule has 3 aromatic rings. The van der Waals surface area contributed by atoms with E-state index in [1.165, 1.54) is 12.8 Å². The van der Waals surface area contributed by atoms with E-state index in [0.29, 0.717) is 35.9 Å². The third-order valence-electron chi connectivity index (χ3n) is 4.96. The van der Waals surface area contributed by atoms with E-state index in [1.807, 2.05) is 40.6 Å². The number of halogens is 1. The summed E-state index contributed by atoms with van der Waals surface area (Å²) >= 11 is 11.5. The fourth-order valence-electron chi connectivity index (χ4n) is 3.06. The molecule has 28 heavy (non-hydrogen) atoms. The summed E-state index contributed by atoms with van der Waals surface area (Å²) < 4.78 is 10.5. The van der Waals surface area contributed by atoms with E-state index in [9.17, 15) is 0 Å². The van der Waals surface area contributed by atoms with Gasteiger partial charge in [-0.05, 0) is 63.2 Å². The summed E-state index contributed by atoms with van der Waals surface area (Å²) in [6.07, 6.45) is 2.39. The molecule has 9 heteroatoms. The van der Waals surface area contributed by atoms with Crippen LogP contribution in [0.1, 0.15) is 44.3 Å². The molecule has 2 aromatic heterocycles. The summed E-state index contributed by atoms with van der Waals surface area (Å²) in [4.78, 5) is 2.21. The summed E-state index contributed by atoms with van der Waals surface area (Å²) in [5, 5.41) is 13.8. The van der Waals surface area contributed by atoms with Crippen LogP contribution in [0.4, 0.5) is 0 Å². The maximum absolute atomic E-state index is 5.94. The molecule has 4 rings (SSSR count). The predicted octanol–water partition coefficient (Wildman–Crippen LogP) is 4.40. The summed E-state index contributed by atoms with van der Waals surface area (Å²) in [5.74, 6) is 2.68. The van der Waals surface area contributed by atoms with E-state index < -0.39 is 0 Å². The van der Waals surface area contributed by atoms with Crippen LogP contribution in [0.5, 0.6) is 0 Å². The van der Waals surface area contributed by atoms with Gasteiger partial charge in [0.1, 0.15) is 5.82 Å². The number of rotatable bonds is 7. The Morgan fingerprint density at radius 3 is 2.61 bits per heavy atom. The number of benzene rings is 1. The minimum Gasteiger partial charge on any atom is -0.419 e. The average Bonchev–Trinajstić information content (AvgIpc) is 3.34. The van der Waals surface area contributed by atoms with Gasteiger partial charge in [-0.1, -0.05) is 11.6 Å². The van der Waals surface area contributed by atoms with Gasteiger partial charge in [-0.3, -0.25) is 4.90 Å². The fraction of sp³-hybridized carbons (Fsp3) is 0.474. The van der Waals surface area contributed by atoms with Crippen molar-refractivity contribution in [2.75, 3.05) is 0 Å². The van der Waals surface area contributed by atoms with Crippen molar-refractivity contribution in [3.05, 3.63) is 45.8 Å². The molecule has 0 spiro atoms. The molecule has 0 atom stereocenters. The second-order valence-corrected chi connectivity index (χ2v) is 8.27.